The molecule has 8 heteroatoms. The van der Waals surface area contributed by atoms with E-state index < -0.39 is 15.8 Å². The summed E-state index contributed by atoms with van der Waals surface area (Å²) in [5.41, 5.74) is 0.983. The molecule has 0 spiro atoms. The summed E-state index contributed by atoms with van der Waals surface area (Å²) in [4.78, 5) is 0.122. The minimum Gasteiger partial charge on any atom is -0.310 e. The van der Waals surface area contributed by atoms with E-state index in [4.69, 9.17) is 0 Å². The second-order valence-electron chi connectivity index (χ2n) is 6.52. The number of hydrogen-bond donors (Lipinski definition) is 0. The fourth-order valence-electron chi connectivity index (χ4n) is 3.42. The Bertz CT molecular complexity index is 1010. The topological polar surface area (TPSA) is 68.1 Å². The first-order chi connectivity index (χ1) is 13.1. The lowest BCUT2D eigenvalue weighted by Gasteiger charge is -2.32. The summed E-state index contributed by atoms with van der Waals surface area (Å²) in [6.45, 7) is 0.799. The molecule has 0 bridgehead atoms. The van der Waals surface area contributed by atoms with E-state index in [9.17, 15) is 12.8 Å². The number of rotatable bonds is 4. The summed E-state index contributed by atoms with van der Waals surface area (Å²) >= 11 is 0. The van der Waals surface area contributed by atoms with E-state index >= 15 is 0 Å². The quantitative estimate of drug-likeness (QED) is 0.691. The van der Waals surface area contributed by atoms with Crippen LogP contribution in [0.25, 0.3) is 11.4 Å². The summed E-state index contributed by atoms with van der Waals surface area (Å²) in [5, 5.41) is 8.27. The number of piperidine rings is 1. The molecule has 0 saturated carbocycles. The van der Waals surface area contributed by atoms with E-state index in [2.05, 4.69) is 10.2 Å². The number of halogens is 1. The highest BCUT2D eigenvalue weighted by atomic mass is 32.2. The van der Waals surface area contributed by atoms with Gasteiger partial charge in [-0.25, -0.2) is 12.8 Å². The van der Waals surface area contributed by atoms with Crippen LogP contribution in [0.1, 0.15) is 18.9 Å². The van der Waals surface area contributed by atoms with E-state index in [-0.39, 0.29) is 10.9 Å². The predicted molar refractivity (Wildman–Crippen MR) is 98.9 cm³/mol. The van der Waals surface area contributed by atoms with Gasteiger partial charge in [-0.15, -0.1) is 10.2 Å². The van der Waals surface area contributed by atoms with Crippen LogP contribution in [0.15, 0.2) is 65.8 Å². The molecule has 1 saturated heterocycles. The van der Waals surface area contributed by atoms with Gasteiger partial charge in [0.2, 0.25) is 10.0 Å². The Balaban J connectivity index is 1.50. The molecule has 140 valence electrons. The van der Waals surface area contributed by atoms with Gasteiger partial charge in [-0.3, -0.25) is 0 Å². The fraction of sp³-hybridized carbons (Fsp3) is 0.263. The molecule has 2 heterocycles. The Kier molecular flexibility index (Phi) is 4.75. The molecule has 0 amide bonds. The number of hydrogen-bond acceptors (Lipinski definition) is 4. The van der Waals surface area contributed by atoms with Crippen molar-refractivity contribution in [3.63, 3.8) is 0 Å². The third kappa shape index (κ3) is 3.50. The van der Waals surface area contributed by atoms with Crippen molar-refractivity contribution >= 4 is 10.0 Å². The van der Waals surface area contributed by atoms with Crippen molar-refractivity contribution < 1.29 is 12.8 Å². The Hall–Kier alpha value is -2.58. The number of sulfonamides is 1. The minimum atomic E-state index is -3.61. The highest BCUT2D eigenvalue weighted by molar-refractivity contribution is 7.89. The van der Waals surface area contributed by atoms with Crippen LogP contribution in [0.4, 0.5) is 4.39 Å². The number of benzene rings is 2. The lowest BCUT2D eigenvalue weighted by molar-refractivity contribution is 0.275. The minimum absolute atomic E-state index is 0.122. The van der Waals surface area contributed by atoms with Crippen LogP contribution < -0.4 is 0 Å². The van der Waals surface area contributed by atoms with Crippen molar-refractivity contribution in [2.45, 2.75) is 23.8 Å². The van der Waals surface area contributed by atoms with E-state index in [0.29, 0.717) is 25.9 Å². The third-order valence-corrected chi connectivity index (χ3v) is 6.79. The first kappa shape index (κ1) is 17.8. The maximum absolute atomic E-state index is 13.1. The molecule has 1 fully saturated rings. The maximum Gasteiger partial charge on any atom is 0.243 e. The first-order valence-corrected chi connectivity index (χ1v) is 10.2. The molecule has 3 aromatic rings. The molecule has 1 aliphatic rings. The molecule has 0 aliphatic carbocycles. The summed E-state index contributed by atoms with van der Waals surface area (Å²) in [6.07, 6.45) is 3.04. The van der Waals surface area contributed by atoms with Gasteiger partial charge in [0.1, 0.15) is 12.1 Å². The van der Waals surface area contributed by atoms with Gasteiger partial charge in [0.15, 0.2) is 5.82 Å². The number of aromatic nitrogens is 3. The van der Waals surface area contributed by atoms with Gasteiger partial charge in [-0.1, -0.05) is 30.3 Å². The predicted octanol–water partition coefficient (Wildman–Crippen LogP) is 3.11. The third-order valence-electron chi connectivity index (χ3n) is 4.87. The van der Waals surface area contributed by atoms with Gasteiger partial charge in [0, 0.05) is 24.7 Å². The van der Waals surface area contributed by atoms with Gasteiger partial charge in [-0.05, 0) is 37.1 Å². The fourth-order valence-corrected chi connectivity index (χ4v) is 4.89. The highest BCUT2D eigenvalue weighted by Crippen LogP contribution is 2.30. The highest BCUT2D eigenvalue weighted by Gasteiger charge is 2.30. The molecule has 0 N–H and O–H groups in total. The van der Waals surface area contributed by atoms with Gasteiger partial charge < -0.3 is 4.57 Å². The number of nitrogens with zero attached hydrogens (tertiary/aromatic N) is 4. The Morgan fingerprint density at radius 1 is 0.963 bits per heavy atom. The normalized spacial score (nSPS) is 16.5. The average Bonchev–Trinajstić information content (AvgIpc) is 3.19. The Labute approximate surface area is 157 Å². The molecule has 0 unspecified atom stereocenters. The Morgan fingerprint density at radius 3 is 2.30 bits per heavy atom. The smallest absolute Gasteiger partial charge is 0.243 e. The van der Waals surface area contributed by atoms with Crippen molar-refractivity contribution in [3.05, 3.63) is 66.7 Å². The summed E-state index contributed by atoms with van der Waals surface area (Å²) in [7, 11) is -3.61. The zero-order valence-corrected chi connectivity index (χ0v) is 15.4. The van der Waals surface area contributed by atoms with Crippen LogP contribution in [-0.4, -0.2) is 40.6 Å². The lowest BCUT2D eigenvalue weighted by atomic mass is 10.1. The molecule has 27 heavy (non-hydrogen) atoms. The molecular weight excluding hydrogens is 367 g/mol. The van der Waals surface area contributed by atoms with E-state index in [1.807, 2.05) is 34.9 Å². The molecule has 0 atom stereocenters. The Morgan fingerprint density at radius 2 is 1.63 bits per heavy atom. The molecule has 1 aromatic heterocycles. The van der Waals surface area contributed by atoms with E-state index in [1.54, 1.807) is 6.33 Å². The summed E-state index contributed by atoms with van der Waals surface area (Å²) in [6, 6.07) is 14.9. The standard InChI is InChI=1S/C19H19FN4O2S/c20-16-6-8-18(9-7-16)27(25,26)23-12-10-17(11-13-23)24-14-21-22-19(24)15-4-2-1-3-5-15/h1-9,14,17H,10-13H2. The van der Waals surface area contributed by atoms with Crippen LogP contribution in [0.3, 0.4) is 0 Å². The second-order valence-corrected chi connectivity index (χ2v) is 8.45. The van der Waals surface area contributed by atoms with Crippen LogP contribution >= 0.6 is 0 Å². The average molecular weight is 386 g/mol. The zero-order valence-electron chi connectivity index (χ0n) is 14.6. The van der Waals surface area contributed by atoms with Gasteiger partial charge in [-0.2, -0.15) is 4.31 Å². The molecule has 1 aliphatic heterocycles. The van der Waals surface area contributed by atoms with Crippen molar-refractivity contribution in [2.75, 3.05) is 13.1 Å². The second kappa shape index (κ2) is 7.21. The molecule has 4 rings (SSSR count). The van der Waals surface area contributed by atoms with Gasteiger partial charge in [0.05, 0.1) is 4.90 Å². The molecular formula is C19H19FN4O2S. The largest absolute Gasteiger partial charge is 0.310 e. The monoisotopic (exact) mass is 386 g/mol. The van der Waals surface area contributed by atoms with Crippen LogP contribution in [0, 0.1) is 5.82 Å². The molecule has 2 aromatic carbocycles. The van der Waals surface area contributed by atoms with Gasteiger partial charge >= 0.3 is 0 Å². The van der Waals surface area contributed by atoms with Crippen LogP contribution in [0.5, 0.6) is 0 Å². The summed E-state index contributed by atoms with van der Waals surface area (Å²) in [5.74, 6) is 0.337. The molecule has 6 nitrogen and oxygen atoms in total. The van der Waals surface area contributed by atoms with Crippen molar-refractivity contribution in [2.24, 2.45) is 0 Å². The van der Waals surface area contributed by atoms with Crippen LogP contribution in [-0.2, 0) is 10.0 Å². The molecule has 0 radical (unpaired) electrons. The van der Waals surface area contributed by atoms with E-state index in [0.717, 1.165) is 11.4 Å². The van der Waals surface area contributed by atoms with E-state index in [1.165, 1.54) is 28.6 Å². The van der Waals surface area contributed by atoms with Crippen LogP contribution in [0.2, 0.25) is 0 Å². The van der Waals surface area contributed by atoms with Gasteiger partial charge in [0.25, 0.3) is 0 Å². The zero-order chi connectivity index (χ0) is 18.9. The maximum atomic E-state index is 13.1. The van der Waals surface area contributed by atoms with Crippen molar-refractivity contribution in [1.82, 2.24) is 19.1 Å². The SMILES string of the molecule is O=S(=O)(c1ccc(F)cc1)N1CCC(n2cnnc2-c2ccccc2)CC1. The van der Waals surface area contributed by atoms with Crippen molar-refractivity contribution in [1.29, 1.82) is 0 Å². The van der Waals surface area contributed by atoms with Crippen molar-refractivity contribution in [3.8, 4) is 11.4 Å². The summed E-state index contributed by atoms with van der Waals surface area (Å²) < 4.78 is 42.1. The lowest BCUT2D eigenvalue weighted by Crippen LogP contribution is -2.39. The first-order valence-electron chi connectivity index (χ1n) is 8.76.